The molecule has 2 aromatic carbocycles. The Labute approximate surface area is 141 Å². The molecule has 0 saturated heterocycles. The van der Waals surface area contributed by atoms with Gasteiger partial charge in [-0.05, 0) is 54.8 Å². The molecule has 0 saturated carbocycles. The molecule has 0 aliphatic carbocycles. The highest BCUT2D eigenvalue weighted by Crippen LogP contribution is 2.31. The molecule has 0 radical (unpaired) electrons. The van der Waals surface area contributed by atoms with Crippen molar-refractivity contribution >= 4 is 17.4 Å². The van der Waals surface area contributed by atoms with Crippen molar-refractivity contribution in [3.8, 4) is 11.8 Å². The molecule has 4 heteroatoms. The number of carbonyl (C=O) groups is 1. The Hall–Kier alpha value is -2.31. The van der Waals surface area contributed by atoms with Crippen molar-refractivity contribution in [1.29, 1.82) is 5.26 Å². The van der Waals surface area contributed by atoms with Crippen LogP contribution in [0, 0.1) is 25.2 Å². The van der Waals surface area contributed by atoms with Crippen molar-refractivity contribution < 1.29 is 9.53 Å². The Morgan fingerprint density at radius 1 is 1.22 bits per heavy atom. The minimum atomic E-state index is -0.375. The molecule has 0 heterocycles. The highest BCUT2D eigenvalue weighted by atomic mass is 35.5. The molecule has 0 aliphatic rings. The number of ketones is 1. The predicted octanol–water partition coefficient (Wildman–Crippen LogP) is 4.82. The summed E-state index contributed by atoms with van der Waals surface area (Å²) in [5.74, 6) is 0.261. The quantitative estimate of drug-likeness (QED) is 0.756. The molecule has 0 fully saturated rings. The van der Waals surface area contributed by atoms with Crippen LogP contribution in [0.2, 0.25) is 5.02 Å². The average Bonchev–Trinajstić information content (AvgIpc) is 2.53. The number of halogens is 1. The zero-order chi connectivity index (χ0) is 17.1. The van der Waals surface area contributed by atoms with Crippen LogP contribution in [-0.2, 0) is 0 Å². The number of nitrogens with zero attached hydrogens (tertiary/aromatic N) is 1. The lowest BCUT2D eigenvalue weighted by Gasteiger charge is -2.15. The summed E-state index contributed by atoms with van der Waals surface area (Å²) in [4.78, 5) is 12.8. The first-order valence-electron chi connectivity index (χ1n) is 7.28. The first-order chi connectivity index (χ1) is 10.9. The maximum atomic E-state index is 12.8. The number of Topliss-reactive ketones (excluding diaryl/α,β-unsaturated/α-hetero) is 1. The van der Waals surface area contributed by atoms with E-state index in [2.05, 4.69) is 6.07 Å². The van der Waals surface area contributed by atoms with Crippen LogP contribution >= 0.6 is 11.6 Å². The molecule has 2 aromatic rings. The molecule has 1 atom stereocenters. The van der Waals surface area contributed by atoms with Gasteiger partial charge in [0.15, 0.2) is 5.78 Å². The lowest BCUT2D eigenvalue weighted by Crippen LogP contribution is -2.11. The second-order valence-corrected chi connectivity index (χ2v) is 5.98. The van der Waals surface area contributed by atoms with Gasteiger partial charge in [-0.15, -0.1) is 0 Å². The first-order valence-corrected chi connectivity index (χ1v) is 7.65. The Bertz CT molecular complexity index is 782. The first kappa shape index (κ1) is 17.1. The van der Waals surface area contributed by atoms with Crippen LogP contribution in [-0.4, -0.2) is 12.9 Å². The Balaban J connectivity index is 2.39. The van der Waals surface area contributed by atoms with E-state index >= 15 is 0 Å². The van der Waals surface area contributed by atoms with Gasteiger partial charge in [-0.25, -0.2) is 0 Å². The third-order valence-electron chi connectivity index (χ3n) is 4.00. The molecule has 0 N–H and O–H groups in total. The van der Waals surface area contributed by atoms with Crippen molar-refractivity contribution in [2.24, 2.45) is 0 Å². The van der Waals surface area contributed by atoms with Crippen molar-refractivity contribution in [2.75, 3.05) is 7.11 Å². The molecular weight excluding hydrogens is 310 g/mol. The fourth-order valence-electron chi connectivity index (χ4n) is 2.66. The lowest BCUT2D eigenvalue weighted by molar-refractivity contribution is 0.0966. The third kappa shape index (κ3) is 3.38. The SMILES string of the molecule is COc1ccc(C(C)C(=O)c2cc(C)c(C#N)c(C)c2)c(Cl)c1. The van der Waals surface area contributed by atoms with Gasteiger partial charge in [0.25, 0.3) is 0 Å². The van der Waals surface area contributed by atoms with E-state index in [1.54, 1.807) is 31.4 Å². The van der Waals surface area contributed by atoms with E-state index in [0.717, 1.165) is 16.7 Å². The minimum Gasteiger partial charge on any atom is -0.497 e. The van der Waals surface area contributed by atoms with Crippen LogP contribution in [0.5, 0.6) is 5.75 Å². The van der Waals surface area contributed by atoms with E-state index < -0.39 is 0 Å². The van der Waals surface area contributed by atoms with Crippen LogP contribution in [0.15, 0.2) is 30.3 Å². The maximum Gasteiger partial charge on any atom is 0.170 e. The largest absolute Gasteiger partial charge is 0.497 e. The second kappa shape index (κ2) is 6.85. The van der Waals surface area contributed by atoms with Crippen molar-refractivity contribution in [3.05, 3.63) is 63.2 Å². The van der Waals surface area contributed by atoms with E-state index in [-0.39, 0.29) is 11.7 Å². The zero-order valence-corrected chi connectivity index (χ0v) is 14.4. The molecule has 0 bridgehead atoms. The van der Waals surface area contributed by atoms with Gasteiger partial charge in [0.05, 0.1) is 18.7 Å². The summed E-state index contributed by atoms with van der Waals surface area (Å²) in [6.45, 7) is 5.51. The summed E-state index contributed by atoms with van der Waals surface area (Å²) in [5, 5.41) is 9.64. The van der Waals surface area contributed by atoms with E-state index in [0.29, 0.717) is 21.9 Å². The molecule has 0 spiro atoms. The maximum absolute atomic E-state index is 12.8. The minimum absolute atomic E-state index is 0.0206. The van der Waals surface area contributed by atoms with E-state index in [1.807, 2.05) is 26.8 Å². The number of ether oxygens (including phenoxy) is 1. The lowest BCUT2D eigenvalue weighted by atomic mass is 9.89. The number of aryl methyl sites for hydroxylation is 2. The van der Waals surface area contributed by atoms with Gasteiger partial charge in [0.1, 0.15) is 5.75 Å². The summed E-state index contributed by atoms with van der Waals surface area (Å²) < 4.78 is 5.13. The zero-order valence-electron chi connectivity index (χ0n) is 13.6. The van der Waals surface area contributed by atoms with E-state index in [4.69, 9.17) is 21.6 Å². The van der Waals surface area contributed by atoms with Crippen LogP contribution in [0.3, 0.4) is 0 Å². The highest BCUT2D eigenvalue weighted by molar-refractivity contribution is 6.32. The number of nitriles is 1. The smallest absolute Gasteiger partial charge is 0.170 e. The van der Waals surface area contributed by atoms with Crippen molar-refractivity contribution in [2.45, 2.75) is 26.7 Å². The Morgan fingerprint density at radius 3 is 2.30 bits per heavy atom. The fourth-order valence-corrected chi connectivity index (χ4v) is 2.99. The molecule has 3 nitrogen and oxygen atoms in total. The number of rotatable bonds is 4. The van der Waals surface area contributed by atoms with Crippen LogP contribution in [0.1, 0.15) is 45.5 Å². The number of methoxy groups -OCH3 is 1. The molecule has 0 aromatic heterocycles. The van der Waals surface area contributed by atoms with Crippen molar-refractivity contribution in [3.63, 3.8) is 0 Å². The van der Waals surface area contributed by atoms with Gasteiger partial charge in [-0.3, -0.25) is 4.79 Å². The topological polar surface area (TPSA) is 50.1 Å². The summed E-state index contributed by atoms with van der Waals surface area (Å²) >= 11 is 6.27. The average molecular weight is 328 g/mol. The monoisotopic (exact) mass is 327 g/mol. The third-order valence-corrected chi connectivity index (χ3v) is 4.32. The summed E-state index contributed by atoms with van der Waals surface area (Å²) in [7, 11) is 1.57. The Kier molecular flexibility index (Phi) is 5.08. The summed E-state index contributed by atoms with van der Waals surface area (Å²) in [6, 6.07) is 11.0. The second-order valence-electron chi connectivity index (χ2n) is 5.57. The van der Waals surface area contributed by atoms with Crippen LogP contribution in [0.25, 0.3) is 0 Å². The Morgan fingerprint density at radius 2 is 1.83 bits per heavy atom. The molecule has 0 aliphatic heterocycles. The van der Waals surface area contributed by atoms with E-state index in [9.17, 15) is 4.79 Å². The highest BCUT2D eigenvalue weighted by Gasteiger charge is 2.21. The standard InChI is InChI=1S/C19H18ClNO2/c1-11-7-14(8-12(2)17(11)10-21)19(22)13(3)16-6-5-15(23-4)9-18(16)20/h5-9,13H,1-4H3. The van der Waals surface area contributed by atoms with Gasteiger partial charge < -0.3 is 4.74 Å². The fraction of sp³-hybridized carbons (Fsp3) is 0.263. The normalized spacial score (nSPS) is 11.7. The number of hydrogen-bond acceptors (Lipinski definition) is 3. The van der Waals surface area contributed by atoms with Crippen LogP contribution in [0.4, 0.5) is 0 Å². The summed E-state index contributed by atoms with van der Waals surface area (Å²) in [6.07, 6.45) is 0. The molecule has 0 amide bonds. The van der Waals surface area contributed by atoms with Gasteiger partial charge in [0, 0.05) is 16.5 Å². The molecule has 1 unspecified atom stereocenters. The van der Waals surface area contributed by atoms with Gasteiger partial charge >= 0.3 is 0 Å². The molecule has 118 valence electrons. The number of benzene rings is 2. The number of carbonyl (C=O) groups excluding carboxylic acids is 1. The van der Waals surface area contributed by atoms with E-state index in [1.165, 1.54) is 0 Å². The van der Waals surface area contributed by atoms with Gasteiger partial charge in [-0.2, -0.15) is 5.26 Å². The van der Waals surface area contributed by atoms with Gasteiger partial charge in [0.2, 0.25) is 0 Å². The van der Waals surface area contributed by atoms with Gasteiger partial charge in [-0.1, -0.05) is 24.6 Å². The molecular formula is C19H18ClNO2. The predicted molar refractivity (Wildman–Crippen MR) is 91.4 cm³/mol. The van der Waals surface area contributed by atoms with Crippen LogP contribution < -0.4 is 4.74 Å². The number of hydrogen-bond donors (Lipinski definition) is 0. The van der Waals surface area contributed by atoms with Crippen molar-refractivity contribution in [1.82, 2.24) is 0 Å². The molecule has 23 heavy (non-hydrogen) atoms. The molecule has 2 rings (SSSR count). The summed E-state index contributed by atoms with van der Waals surface area (Å²) in [5.41, 5.74) is 3.60.